The number of hydrogen-bond donors (Lipinski definition) is 0. The van der Waals surface area contributed by atoms with Crippen LogP contribution in [-0.2, 0) is 11.3 Å². The van der Waals surface area contributed by atoms with Crippen molar-refractivity contribution in [1.29, 1.82) is 0 Å². The molecule has 5 nitrogen and oxygen atoms in total. The maximum atomic E-state index is 12.6. The number of likely N-dealkylation sites (N-methyl/N-ethyl adjacent to an activating group) is 1. The summed E-state index contributed by atoms with van der Waals surface area (Å²) in [5.41, 5.74) is 1.50. The summed E-state index contributed by atoms with van der Waals surface area (Å²) in [5.74, 6) is 1.33. The summed E-state index contributed by atoms with van der Waals surface area (Å²) >= 11 is 1.60. The Balaban J connectivity index is 1.78. The lowest BCUT2D eigenvalue weighted by Gasteiger charge is -2.23. The van der Waals surface area contributed by atoms with Crippen molar-refractivity contribution >= 4 is 23.3 Å². The molecule has 0 radical (unpaired) electrons. The highest BCUT2D eigenvalue weighted by Gasteiger charge is 2.22. The first-order valence-electron chi connectivity index (χ1n) is 7.25. The number of rotatable bonds is 4. The number of aromatic nitrogens is 1. The van der Waals surface area contributed by atoms with Gasteiger partial charge in [-0.1, -0.05) is 12.1 Å². The van der Waals surface area contributed by atoms with Crippen LogP contribution in [0.3, 0.4) is 0 Å². The van der Waals surface area contributed by atoms with Crippen molar-refractivity contribution in [2.24, 2.45) is 0 Å². The predicted molar refractivity (Wildman–Crippen MR) is 89.8 cm³/mol. The molecule has 0 saturated heterocycles. The molecule has 0 unspecified atom stereocenters. The average molecular weight is 330 g/mol. The van der Waals surface area contributed by atoms with Gasteiger partial charge in [-0.3, -0.25) is 4.79 Å². The van der Waals surface area contributed by atoms with E-state index < -0.39 is 0 Å². The van der Waals surface area contributed by atoms with Gasteiger partial charge in [0.2, 0.25) is 0 Å². The SMILES string of the molecule is COc1cccc2c1OCC(C(=O)N(C)Cc1cnc(C)s1)=C2. The molecule has 6 heteroatoms. The van der Waals surface area contributed by atoms with Crippen LogP contribution >= 0.6 is 11.3 Å². The molecule has 1 aliphatic rings. The number of nitrogens with zero attached hydrogens (tertiary/aromatic N) is 2. The fourth-order valence-electron chi connectivity index (χ4n) is 2.49. The van der Waals surface area contributed by atoms with Gasteiger partial charge in [-0.25, -0.2) is 4.98 Å². The second kappa shape index (κ2) is 6.42. The second-order valence-electron chi connectivity index (χ2n) is 5.34. The van der Waals surface area contributed by atoms with Crippen molar-refractivity contribution < 1.29 is 14.3 Å². The molecule has 0 fully saturated rings. The predicted octanol–water partition coefficient (Wildman–Crippen LogP) is 2.89. The van der Waals surface area contributed by atoms with Gasteiger partial charge in [-0.05, 0) is 19.1 Å². The first-order valence-corrected chi connectivity index (χ1v) is 8.07. The van der Waals surface area contributed by atoms with Crippen molar-refractivity contribution in [3.05, 3.63) is 45.4 Å². The second-order valence-corrected chi connectivity index (χ2v) is 6.66. The molecule has 1 aromatic heterocycles. The fourth-order valence-corrected chi connectivity index (χ4v) is 3.34. The molecule has 2 aromatic rings. The first kappa shape index (κ1) is 15.6. The highest BCUT2D eigenvalue weighted by Crippen LogP contribution is 2.35. The quantitative estimate of drug-likeness (QED) is 0.865. The number of benzene rings is 1. The van der Waals surface area contributed by atoms with E-state index in [0.717, 1.165) is 15.4 Å². The molecule has 120 valence electrons. The zero-order chi connectivity index (χ0) is 16.4. The molecule has 0 N–H and O–H groups in total. The summed E-state index contributed by atoms with van der Waals surface area (Å²) in [6, 6.07) is 5.64. The van der Waals surface area contributed by atoms with Gasteiger partial charge in [0.05, 0.1) is 24.2 Å². The van der Waals surface area contributed by atoms with Gasteiger partial charge in [0.15, 0.2) is 11.5 Å². The lowest BCUT2D eigenvalue weighted by atomic mass is 10.1. The highest BCUT2D eigenvalue weighted by atomic mass is 32.1. The van der Waals surface area contributed by atoms with Gasteiger partial charge in [0.1, 0.15) is 6.61 Å². The van der Waals surface area contributed by atoms with Crippen molar-refractivity contribution in [2.75, 3.05) is 20.8 Å². The van der Waals surface area contributed by atoms with Crippen molar-refractivity contribution in [2.45, 2.75) is 13.5 Å². The minimum atomic E-state index is -0.0375. The Morgan fingerprint density at radius 2 is 2.30 bits per heavy atom. The average Bonchev–Trinajstić information content (AvgIpc) is 2.97. The van der Waals surface area contributed by atoms with E-state index >= 15 is 0 Å². The number of carbonyl (C=O) groups is 1. The van der Waals surface area contributed by atoms with Crippen LogP contribution < -0.4 is 9.47 Å². The number of para-hydroxylation sites is 1. The summed E-state index contributed by atoms with van der Waals surface area (Å²) in [6.45, 7) is 2.75. The molecular formula is C17H18N2O3S. The van der Waals surface area contributed by atoms with E-state index in [1.165, 1.54) is 0 Å². The van der Waals surface area contributed by atoms with Gasteiger partial charge in [-0.15, -0.1) is 11.3 Å². The molecular weight excluding hydrogens is 312 g/mol. The maximum Gasteiger partial charge on any atom is 0.253 e. The molecule has 3 rings (SSSR count). The minimum absolute atomic E-state index is 0.0375. The van der Waals surface area contributed by atoms with Crippen molar-refractivity contribution in [3.63, 3.8) is 0 Å². The number of carbonyl (C=O) groups excluding carboxylic acids is 1. The number of hydrogen-bond acceptors (Lipinski definition) is 5. The Morgan fingerprint density at radius 1 is 1.48 bits per heavy atom. The maximum absolute atomic E-state index is 12.6. The largest absolute Gasteiger partial charge is 0.493 e. The summed E-state index contributed by atoms with van der Waals surface area (Å²) in [7, 11) is 3.40. The molecule has 2 heterocycles. The van der Waals surface area contributed by atoms with Crippen molar-refractivity contribution in [3.8, 4) is 11.5 Å². The van der Waals surface area contributed by atoms with E-state index in [2.05, 4.69) is 4.98 Å². The van der Waals surface area contributed by atoms with Crippen LogP contribution in [0.5, 0.6) is 11.5 Å². The molecule has 23 heavy (non-hydrogen) atoms. The highest BCUT2D eigenvalue weighted by molar-refractivity contribution is 7.11. The minimum Gasteiger partial charge on any atom is -0.493 e. The van der Waals surface area contributed by atoms with E-state index in [4.69, 9.17) is 9.47 Å². The molecule has 0 aliphatic carbocycles. The Labute approximate surface area is 139 Å². The number of ether oxygens (including phenoxy) is 2. The Bertz CT molecular complexity index is 767. The zero-order valence-corrected chi connectivity index (χ0v) is 14.1. The molecule has 1 amide bonds. The lowest BCUT2D eigenvalue weighted by molar-refractivity contribution is -0.126. The van der Waals surface area contributed by atoms with Gasteiger partial charge in [-0.2, -0.15) is 0 Å². The lowest BCUT2D eigenvalue weighted by Crippen LogP contribution is -2.30. The van der Waals surface area contributed by atoms with Crippen LogP contribution in [0.1, 0.15) is 15.4 Å². The molecule has 0 bridgehead atoms. The Morgan fingerprint density at radius 3 is 3.00 bits per heavy atom. The van der Waals surface area contributed by atoms with Crippen LogP contribution in [0.4, 0.5) is 0 Å². The first-order chi connectivity index (χ1) is 11.1. The third kappa shape index (κ3) is 3.22. The van der Waals surface area contributed by atoms with Crippen LogP contribution in [0.2, 0.25) is 0 Å². The van der Waals surface area contributed by atoms with Crippen LogP contribution in [0.15, 0.2) is 30.0 Å². The van der Waals surface area contributed by atoms with Gasteiger partial charge < -0.3 is 14.4 Å². The van der Waals surface area contributed by atoms with Crippen LogP contribution in [-0.4, -0.2) is 36.6 Å². The van der Waals surface area contributed by atoms with Crippen molar-refractivity contribution in [1.82, 2.24) is 9.88 Å². The van der Waals surface area contributed by atoms with Gasteiger partial charge in [0.25, 0.3) is 5.91 Å². The van der Waals surface area contributed by atoms with Crippen LogP contribution in [0.25, 0.3) is 6.08 Å². The Hall–Kier alpha value is -2.34. The smallest absolute Gasteiger partial charge is 0.253 e. The standard InChI is InChI=1S/C17H18N2O3S/c1-11-18-8-14(23-11)9-19(2)17(20)13-7-12-5-4-6-15(21-3)16(12)22-10-13/h4-8H,9-10H2,1-3H3. The third-order valence-corrected chi connectivity index (χ3v) is 4.51. The van der Waals surface area contributed by atoms with E-state index in [1.807, 2.05) is 37.4 Å². The number of thiazole rings is 1. The van der Waals surface area contributed by atoms with Crippen LogP contribution in [0, 0.1) is 6.92 Å². The molecule has 0 atom stereocenters. The summed E-state index contributed by atoms with van der Waals surface area (Å²) < 4.78 is 11.0. The number of aryl methyl sites for hydroxylation is 1. The fraction of sp³-hybridized carbons (Fsp3) is 0.294. The summed E-state index contributed by atoms with van der Waals surface area (Å²) in [4.78, 5) is 19.6. The Kier molecular flexibility index (Phi) is 4.34. The number of fused-ring (bicyclic) bond motifs is 1. The molecule has 1 aliphatic heterocycles. The van der Waals surface area contributed by atoms with E-state index in [9.17, 15) is 4.79 Å². The number of methoxy groups -OCH3 is 1. The van der Waals surface area contributed by atoms with E-state index in [0.29, 0.717) is 23.6 Å². The topological polar surface area (TPSA) is 51.7 Å². The molecule has 0 spiro atoms. The summed E-state index contributed by atoms with van der Waals surface area (Å²) in [5, 5.41) is 1.00. The summed E-state index contributed by atoms with van der Waals surface area (Å²) in [6.07, 6.45) is 3.69. The van der Waals surface area contributed by atoms with E-state index in [-0.39, 0.29) is 12.5 Å². The van der Waals surface area contributed by atoms with E-state index in [1.54, 1.807) is 30.4 Å². The van der Waals surface area contributed by atoms with Gasteiger partial charge >= 0.3 is 0 Å². The van der Waals surface area contributed by atoms with Gasteiger partial charge in [0, 0.05) is 23.7 Å². The molecule has 1 aromatic carbocycles. The number of amides is 1. The zero-order valence-electron chi connectivity index (χ0n) is 13.3. The normalized spacial score (nSPS) is 12.9. The monoisotopic (exact) mass is 330 g/mol. The third-order valence-electron chi connectivity index (χ3n) is 3.61. The molecule has 0 saturated carbocycles.